The van der Waals surface area contributed by atoms with Gasteiger partial charge in [0.05, 0.1) is 25.2 Å². The molecule has 0 saturated carbocycles. The number of hydrogen-bond acceptors (Lipinski definition) is 6. The number of rotatable bonds is 18. The van der Waals surface area contributed by atoms with E-state index in [1.807, 2.05) is 0 Å². The van der Waals surface area contributed by atoms with Crippen LogP contribution in [0.1, 0.15) is 101 Å². The summed E-state index contributed by atoms with van der Waals surface area (Å²) in [4.78, 5) is 23.1. The van der Waals surface area contributed by atoms with Crippen LogP contribution in [0.3, 0.4) is 0 Å². The Labute approximate surface area is 186 Å². The van der Waals surface area contributed by atoms with E-state index in [4.69, 9.17) is 14.2 Å². The molecule has 0 unspecified atom stereocenters. The highest BCUT2D eigenvalue weighted by atomic mass is 16.6. The number of hydrogen-bond donors (Lipinski definition) is 0. The Hall–Kier alpha value is -2.31. The maximum atomic E-state index is 12.1. The summed E-state index contributed by atoms with van der Waals surface area (Å²) >= 11 is 0. The first-order valence-corrected chi connectivity index (χ1v) is 11.7. The Morgan fingerprint density at radius 3 is 1.77 bits per heavy atom. The predicted octanol–water partition coefficient (Wildman–Crippen LogP) is 6.86. The van der Waals surface area contributed by atoms with Crippen molar-refractivity contribution in [2.24, 2.45) is 0 Å². The van der Waals surface area contributed by atoms with Gasteiger partial charge in [-0.25, -0.2) is 4.79 Å². The lowest BCUT2D eigenvalue weighted by Gasteiger charge is -2.13. The molecule has 176 valence electrons. The minimum Gasteiger partial charge on any atom is -0.493 e. The molecule has 0 aliphatic carbocycles. The zero-order chi connectivity index (χ0) is 22.9. The standard InChI is InChI=1S/C24H39NO6/c1-4-6-8-10-12-14-16-30-22-19-23(31-17-15-13-11-9-7-5-2)21(25(27)28)18-20(22)24(26)29-3/h18-19H,4-17H2,1-3H3. The van der Waals surface area contributed by atoms with Crippen molar-refractivity contribution in [2.75, 3.05) is 20.3 Å². The molecule has 0 heterocycles. The Morgan fingerprint density at radius 2 is 1.29 bits per heavy atom. The molecule has 1 rings (SSSR count). The lowest BCUT2D eigenvalue weighted by atomic mass is 10.1. The van der Waals surface area contributed by atoms with Gasteiger partial charge in [0.25, 0.3) is 0 Å². The monoisotopic (exact) mass is 437 g/mol. The fraction of sp³-hybridized carbons (Fsp3) is 0.708. The average Bonchev–Trinajstić information content (AvgIpc) is 2.77. The van der Waals surface area contributed by atoms with Crippen LogP contribution in [0.4, 0.5) is 5.69 Å². The van der Waals surface area contributed by atoms with Crippen molar-refractivity contribution in [1.29, 1.82) is 0 Å². The molecule has 0 spiro atoms. The zero-order valence-electron chi connectivity index (χ0n) is 19.5. The molecule has 0 aliphatic heterocycles. The molecule has 7 heteroatoms. The second-order valence-corrected chi connectivity index (χ2v) is 7.80. The molecule has 0 saturated heterocycles. The second-order valence-electron chi connectivity index (χ2n) is 7.80. The lowest BCUT2D eigenvalue weighted by molar-refractivity contribution is -0.385. The molecule has 0 radical (unpaired) electrons. The predicted molar refractivity (Wildman–Crippen MR) is 122 cm³/mol. The third kappa shape index (κ3) is 10.5. The number of benzene rings is 1. The van der Waals surface area contributed by atoms with Crippen LogP contribution in [-0.4, -0.2) is 31.2 Å². The van der Waals surface area contributed by atoms with E-state index >= 15 is 0 Å². The number of nitro benzene ring substituents is 1. The normalized spacial score (nSPS) is 10.7. The van der Waals surface area contributed by atoms with Crippen LogP contribution in [0.15, 0.2) is 12.1 Å². The maximum absolute atomic E-state index is 12.1. The van der Waals surface area contributed by atoms with Crippen molar-refractivity contribution in [1.82, 2.24) is 0 Å². The van der Waals surface area contributed by atoms with Crippen molar-refractivity contribution < 1.29 is 23.9 Å². The fourth-order valence-electron chi connectivity index (χ4n) is 3.33. The van der Waals surface area contributed by atoms with E-state index in [1.165, 1.54) is 57.8 Å². The van der Waals surface area contributed by atoms with E-state index in [0.29, 0.717) is 13.2 Å². The van der Waals surface area contributed by atoms with E-state index in [0.717, 1.165) is 38.5 Å². The van der Waals surface area contributed by atoms with Gasteiger partial charge in [0, 0.05) is 12.1 Å². The van der Waals surface area contributed by atoms with E-state index in [-0.39, 0.29) is 22.7 Å². The lowest BCUT2D eigenvalue weighted by Crippen LogP contribution is -2.09. The molecule has 1 aromatic rings. The van der Waals surface area contributed by atoms with Gasteiger partial charge in [-0.05, 0) is 12.8 Å². The number of carbonyl (C=O) groups excluding carboxylic acids is 1. The Balaban J connectivity index is 2.77. The molecular formula is C24H39NO6. The second kappa shape index (κ2) is 16.4. The Morgan fingerprint density at radius 1 is 0.806 bits per heavy atom. The summed E-state index contributed by atoms with van der Waals surface area (Å²) in [6.07, 6.45) is 13.3. The van der Waals surface area contributed by atoms with E-state index in [1.54, 1.807) is 0 Å². The number of unbranched alkanes of at least 4 members (excludes halogenated alkanes) is 10. The molecule has 0 N–H and O–H groups in total. The van der Waals surface area contributed by atoms with Crippen molar-refractivity contribution in [3.05, 3.63) is 27.8 Å². The highest BCUT2D eigenvalue weighted by Gasteiger charge is 2.24. The van der Waals surface area contributed by atoms with Gasteiger partial charge < -0.3 is 14.2 Å². The van der Waals surface area contributed by atoms with Gasteiger partial charge in [-0.3, -0.25) is 10.1 Å². The number of nitrogens with zero attached hydrogens (tertiary/aromatic N) is 1. The van der Waals surface area contributed by atoms with Gasteiger partial charge in [0.2, 0.25) is 5.75 Å². The number of methoxy groups -OCH3 is 1. The van der Waals surface area contributed by atoms with Gasteiger partial charge in [-0.2, -0.15) is 0 Å². The fourth-order valence-corrected chi connectivity index (χ4v) is 3.33. The summed E-state index contributed by atoms with van der Waals surface area (Å²) in [5.41, 5.74) is -0.203. The highest BCUT2D eigenvalue weighted by molar-refractivity contribution is 5.94. The van der Waals surface area contributed by atoms with Crippen LogP contribution in [0.25, 0.3) is 0 Å². The minimum absolute atomic E-state index is 0.0482. The average molecular weight is 438 g/mol. The van der Waals surface area contributed by atoms with Crippen LogP contribution in [0.2, 0.25) is 0 Å². The summed E-state index contributed by atoms with van der Waals surface area (Å²) < 4.78 is 16.3. The van der Waals surface area contributed by atoms with Crippen molar-refractivity contribution >= 4 is 11.7 Å². The van der Waals surface area contributed by atoms with E-state index in [2.05, 4.69) is 13.8 Å². The Bertz CT molecular complexity index is 662. The van der Waals surface area contributed by atoms with Gasteiger partial charge >= 0.3 is 11.7 Å². The maximum Gasteiger partial charge on any atom is 0.341 e. The summed E-state index contributed by atoms with van der Waals surface area (Å²) in [6, 6.07) is 2.65. The third-order valence-corrected chi connectivity index (χ3v) is 5.17. The van der Waals surface area contributed by atoms with Crippen LogP contribution in [0, 0.1) is 10.1 Å². The topological polar surface area (TPSA) is 87.9 Å². The molecule has 31 heavy (non-hydrogen) atoms. The molecule has 0 aliphatic rings. The number of esters is 1. The van der Waals surface area contributed by atoms with E-state index in [9.17, 15) is 14.9 Å². The SMILES string of the molecule is CCCCCCCCOc1cc(OCCCCCCCC)c([N+](=O)[O-])cc1C(=O)OC. The van der Waals surface area contributed by atoms with Crippen LogP contribution >= 0.6 is 0 Å². The summed E-state index contributed by atoms with van der Waals surface area (Å²) in [5.74, 6) is -0.267. The molecule has 0 amide bonds. The van der Waals surface area contributed by atoms with Crippen LogP contribution in [0.5, 0.6) is 11.5 Å². The highest BCUT2D eigenvalue weighted by Crippen LogP contribution is 2.35. The number of nitro groups is 1. The van der Waals surface area contributed by atoms with Gasteiger partial charge in [0.1, 0.15) is 11.3 Å². The van der Waals surface area contributed by atoms with Crippen molar-refractivity contribution in [2.45, 2.75) is 90.9 Å². The molecule has 1 aromatic carbocycles. The largest absolute Gasteiger partial charge is 0.493 e. The first-order valence-electron chi connectivity index (χ1n) is 11.7. The molecule has 0 bridgehead atoms. The molecule has 7 nitrogen and oxygen atoms in total. The van der Waals surface area contributed by atoms with Crippen molar-refractivity contribution in [3.63, 3.8) is 0 Å². The third-order valence-electron chi connectivity index (χ3n) is 5.17. The summed E-state index contributed by atoms with van der Waals surface area (Å²) in [6.45, 7) is 5.18. The van der Waals surface area contributed by atoms with Crippen LogP contribution in [-0.2, 0) is 4.74 Å². The summed E-state index contributed by atoms with van der Waals surface area (Å²) in [7, 11) is 1.24. The number of ether oxygens (including phenoxy) is 3. The molecule has 0 aromatic heterocycles. The molecule has 0 fully saturated rings. The van der Waals surface area contributed by atoms with Crippen LogP contribution < -0.4 is 9.47 Å². The quantitative estimate of drug-likeness (QED) is 0.108. The smallest absolute Gasteiger partial charge is 0.341 e. The van der Waals surface area contributed by atoms with Gasteiger partial charge in [0.15, 0.2) is 0 Å². The van der Waals surface area contributed by atoms with Gasteiger partial charge in [-0.15, -0.1) is 0 Å². The van der Waals surface area contributed by atoms with E-state index < -0.39 is 10.9 Å². The summed E-state index contributed by atoms with van der Waals surface area (Å²) in [5, 5.41) is 11.5. The molecule has 0 atom stereocenters. The van der Waals surface area contributed by atoms with Gasteiger partial charge in [-0.1, -0.05) is 78.1 Å². The first-order chi connectivity index (χ1) is 15.0. The molecular weight excluding hydrogens is 398 g/mol. The Kier molecular flexibility index (Phi) is 14.1. The zero-order valence-corrected chi connectivity index (χ0v) is 19.5. The first kappa shape index (κ1) is 26.7. The number of carbonyl (C=O) groups is 1. The van der Waals surface area contributed by atoms with Crippen molar-refractivity contribution in [3.8, 4) is 11.5 Å². The minimum atomic E-state index is -0.663.